The van der Waals surface area contributed by atoms with Crippen molar-refractivity contribution in [3.8, 4) is 5.75 Å². The number of hydrogen-bond acceptors (Lipinski definition) is 7. The van der Waals surface area contributed by atoms with Crippen LogP contribution in [-0.4, -0.2) is 81.7 Å². The molecule has 0 radical (unpaired) electrons. The van der Waals surface area contributed by atoms with Crippen LogP contribution in [0, 0.1) is 11.6 Å². The number of phenols is 1. The third-order valence-electron chi connectivity index (χ3n) is 8.51. The first-order valence-electron chi connectivity index (χ1n) is 14.2. The number of hydrogen-bond donors (Lipinski definition) is 2. The summed E-state index contributed by atoms with van der Waals surface area (Å²) < 4.78 is 27.7. The van der Waals surface area contributed by atoms with Crippen LogP contribution in [0.4, 0.5) is 14.5 Å². The van der Waals surface area contributed by atoms with Crippen molar-refractivity contribution in [3.63, 3.8) is 0 Å². The molecular formula is C31H36Cl2F2N6O3. The zero-order valence-corrected chi connectivity index (χ0v) is 26.4. The number of anilines is 1. The van der Waals surface area contributed by atoms with Gasteiger partial charge in [-0.3, -0.25) is 14.5 Å². The van der Waals surface area contributed by atoms with Gasteiger partial charge in [0.2, 0.25) is 5.91 Å². The van der Waals surface area contributed by atoms with E-state index in [9.17, 15) is 23.5 Å². The highest BCUT2D eigenvalue weighted by molar-refractivity contribution is 5.99. The quantitative estimate of drug-likeness (QED) is 0.419. The van der Waals surface area contributed by atoms with E-state index in [-0.39, 0.29) is 67.4 Å². The average Bonchev–Trinajstić information content (AvgIpc) is 3.40. The molecule has 236 valence electrons. The Bertz CT molecular complexity index is 1580. The van der Waals surface area contributed by atoms with Gasteiger partial charge in [-0.25, -0.2) is 8.78 Å². The monoisotopic (exact) mass is 648 g/mol. The molecule has 3 aliphatic heterocycles. The number of nitrogens with zero attached hydrogens (tertiary/aromatic N) is 5. The molecule has 2 atom stereocenters. The van der Waals surface area contributed by atoms with E-state index < -0.39 is 17.0 Å². The molecule has 44 heavy (non-hydrogen) atoms. The predicted octanol–water partition coefficient (Wildman–Crippen LogP) is 3.84. The Hall–Kier alpha value is -3.38. The molecule has 0 unspecified atom stereocenters. The van der Waals surface area contributed by atoms with Crippen LogP contribution >= 0.6 is 24.8 Å². The van der Waals surface area contributed by atoms with E-state index in [0.29, 0.717) is 66.5 Å². The summed E-state index contributed by atoms with van der Waals surface area (Å²) in [5, 5.41) is 22.5. The van der Waals surface area contributed by atoms with Gasteiger partial charge in [0.1, 0.15) is 17.4 Å². The largest absolute Gasteiger partial charge is 0.508 e. The maximum Gasteiger partial charge on any atom is 0.254 e. The molecule has 1 saturated heterocycles. The Morgan fingerprint density at radius 1 is 1.14 bits per heavy atom. The lowest BCUT2D eigenvalue weighted by molar-refractivity contribution is -0.120. The molecule has 2 aromatic carbocycles. The molecule has 2 amide bonds. The van der Waals surface area contributed by atoms with Gasteiger partial charge in [0.05, 0.1) is 30.2 Å². The van der Waals surface area contributed by atoms with Crippen molar-refractivity contribution in [2.45, 2.75) is 51.2 Å². The molecule has 0 saturated carbocycles. The number of piperazine rings is 1. The number of rotatable bonds is 6. The fourth-order valence-corrected chi connectivity index (χ4v) is 6.27. The van der Waals surface area contributed by atoms with E-state index in [1.54, 1.807) is 34.1 Å². The second kappa shape index (κ2) is 12.9. The number of amides is 2. The van der Waals surface area contributed by atoms with Crippen molar-refractivity contribution in [2.24, 2.45) is 0 Å². The summed E-state index contributed by atoms with van der Waals surface area (Å²) >= 11 is 0. The van der Waals surface area contributed by atoms with Gasteiger partial charge in [0.15, 0.2) is 0 Å². The number of carbonyl (C=O) groups is 2. The van der Waals surface area contributed by atoms with Crippen LogP contribution in [0.3, 0.4) is 0 Å². The first-order chi connectivity index (χ1) is 20.0. The van der Waals surface area contributed by atoms with Crippen LogP contribution in [0.5, 0.6) is 5.75 Å². The number of phenolic OH excluding ortho intramolecular Hbond substituents is 1. The number of halogens is 4. The highest BCUT2D eigenvalue weighted by Gasteiger charge is 2.42. The third-order valence-corrected chi connectivity index (χ3v) is 8.51. The van der Waals surface area contributed by atoms with Crippen LogP contribution in [0.25, 0.3) is 0 Å². The molecule has 0 spiro atoms. The molecule has 13 heteroatoms. The average molecular weight is 650 g/mol. The normalized spacial score (nSPS) is 20.5. The number of aromatic hydroxyl groups is 1. The minimum Gasteiger partial charge on any atom is -0.508 e. The Labute approximate surface area is 267 Å². The standard InChI is InChI=1S/C31H34F2N6O3.2ClH/c1-18-13-37(22(12-34-18)14-38-15-24-23(30(38)42)5-4-6-27(24)40)16-28(41)39-17-31(2,3)29-26(39)11-21(35-36-29)9-19-7-8-20(32)10-25(19)33;;/h4-8,10-11,18,22,34,40H,9,12-17H2,1-3H3;2*1H/t18-,22-;;/m1../s1. The van der Waals surface area contributed by atoms with Gasteiger partial charge >= 0.3 is 0 Å². The summed E-state index contributed by atoms with van der Waals surface area (Å²) in [5.41, 5.74) is 2.86. The summed E-state index contributed by atoms with van der Waals surface area (Å²) in [7, 11) is 0. The fourth-order valence-electron chi connectivity index (χ4n) is 6.27. The van der Waals surface area contributed by atoms with E-state index in [4.69, 9.17) is 0 Å². The van der Waals surface area contributed by atoms with Crippen LogP contribution in [0.1, 0.15) is 53.6 Å². The number of aromatic nitrogens is 2. The van der Waals surface area contributed by atoms with Gasteiger partial charge in [-0.15, -0.1) is 24.8 Å². The molecule has 3 aliphatic rings. The first-order valence-corrected chi connectivity index (χ1v) is 14.2. The van der Waals surface area contributed by atoms with Crippen LogP contribution in [-0.2, 0) is 23.2 Å². The smallest absolute Gasteiger partial charge is 0.254 e. The number of fused-ring (bicyclic) bond motifs is 2. The van der Waals surface area contributed by atoms with Gasteiger partial charge < -0.3 is 20.2 Å². The molecule has 4 heterocycles. The van der Waals surface area contributed by atoms with Crippen molar-refractivity contribution in [3.05, 3.63) is 82.2 Å². The summed E-state index contributed by atoms with van der Waals surface area (Å²) in [6.07, 6.45) is 0.119. The maximum absolute atomic E-state index is 14.3. The highest BCUT2D eigenvalue weighted by atomic mass is 35.5. The molecule has 9 nitrogen and oxygen atoms in total. The summed E-state index contributed by atoms with van der Waals surface area (Å²) in [4.78, 5) is 32.6. The van der Waals surface area contributed by atoms with Crippen molar-refractivity contribution < 1.29 is 23.5 Å². The molecular weight excluding hydrogens is 613 g/mol. The molecule has 2 N–H and O–H groups in total. The number of nitrogens with one attached hydrogen (secondary N) is 1. The van der Waals surface area contributed by atoms with E-state index in [1.165, 1.54) is 12.1 Å². The lowest BCUT2D eigenvalue weighted by Gasteiger charge is -2.41. The summed E-state index contributed by atoms with van der Waals surface area (Å²) in [5.74, 6) is -1.40. The second-order valence-electron chi connectivity index (χ2n) is 12.2. The summed E-state index contributed by atoms with van der Waals surface area (Å²) in [6.45, 7) is 8.65. The van der Waals surface area contributed by atoms with Crippen molar-refractivity contribution in [2.75, 3.05) is 37.6 Å². The molecule has 3 aromatic rings. The van der Waals surface area contributed by atoms with Gasteiger partial charge in [-0.2, -0.15) is 10.2 Å². The van der Waals surface area contributed by atoms with Gasteiger partial charge in [-0.05, 0) is 36.8 Å². The molecule has 6 rings (SSSR count). The predicted molar refractivity (Wildman–Crippen MR) is 167 cm³/mol. The van der Waals surface area contributed by atoms with Gasteiger partial charge in [0.25, 0.3) is 5.91 Å². The van der Waals surface area contributed by atoms with Gasteiger partial charge in [-0.1, -0.05) is 26.0 Å². The topological polar surface area (TPSA) is 102 Å². The van der Waals surface area contributed by atoms with Crippen LogP contribution in [0.2, 0.25) is 0 Å². The maximum atomic E-state index is 14.3. The Kier molecular flexibility index (Phi) is 9.84. The molecule has 1 aromatic heterocycles. The lowest BCUT2D eigenvalue weighted by Crippen LogP contribution is -2.60. The fraction of sp³-hybridized carbons (Fsp3) is 0.419. The Morgan fingerprint density at radius 2 is 1.91 bits per heavy atom. The zero-order valence-electron chi connectivity index (χ0n) is 24.7. The zero-order chi connectivity index (χ0) is 29.8. The SMILES string of the molecule is C[C@@H]1CN(CC(=O)N2CC(C)(C)c3nnc(Cc4ccc(F)cc4F)cc32)[C@@H](CN2Cc3c(O)cccc3C2=O)CN1.Cl.Cl. The van der Waals surface area contributed by atoms with E-state index in [1.807, 2.05) is 13.8 Å². The first kappa shape index (κ1) is 33.5. The number of carbonyl (C=O) groups excluding carboxylic acids is 2. The number of benzene rings is 2. The molecule has 0 bridgehead atoms. The molecule has 0 aliphatic carbocycles. The highest BCUT2D eigenvalue weighted by Crippen LogP contribution is 2.39. The van der Waals surface area contributed by atoms with E-state index in [2.05, 4.69) is 27.3 Å². The molecule has 1 fully saturated rings. The van der Waals surface area contributed by atoms with Crippen LogP contribution in [0.15, 0.2) is 42.5 Å². The van der Waals surface area contributed by atoms with E-state index in [0.717, 1.165) is 6.07 Å². The summed E-state index contributed by atoms with van der Waals surface area (Å²) in [6, 6.07) is 10.3. The Balaban J connectivity index is 0.00000221. The second-order valence-corrected chi connectivity index (χ2v) is 12.2. The van der Waals surface area contributed by atoms with Crippen molar-refractivity contribution >= 4 is 42.3 Å². The minimum absolute atomic E-state index is 0. The Morgan fingerprint density at radius 3 is 2.64 bits per heavy atom. The third kappa shape index (κ3) is 6.37. The van der Waals surface area contributed by atoms with Gasteiger partial charge in [0, 0.05) is 67.3 Å². The van der Waals surface area contributed by atoms with Crippen LogP contribution < -0.4 is 10.2 Å². The van der Waals surface area contributed by atoms with Crippen molar-refractivity contribution in [1.29, 1.82) is 0 Å². The minimum atomic E-state index is -0.653. The van der Waals surface area contributed by atoms with E-state index >= 15 is 0 Å². The lowest BCUT2D eigenvalue weighted by atomic mass is 9.91. The van der Waals surface area contributed by atoms with Crippen molar-refractivity contribution in [1.82, 2.24) is 25.3 Å².